The number of ketones is 1. The molecule has 96 valence electrons. The first kappa shape index (κ1) is 12.8. The number of hydrogen-bond donors (Lipinski definition) is 0. The van der Waals surface area contributed by atoms with Gasteiger partial charge in [-0.1, -0.05) is 12.1 Å². The summed E-state index contributed by atoms with van der Waals surface area (Å²) in [6, 6.07) is 5.29. The van der Waals surface area contributed by atoms with Crippen LogP contribution in [0.4, 0.5) is 0 Å². The van der Waals surface area contributed by atoms with Crippen LogP contribution in [-0.4, -0.2) is 17.4 Å². The van der Waals surface area contributed by atoms with Crippen molar-refractivity contribution in [1.29, 1.82) is 0 Å². The summed E-state index contributed by atoms with van der Waals surface area (Å²) < 4.78 is 5.37. The molecule has 3 heteroatoms. The van der Waals surface area contributed by atoms with Crippen LogP contribution >= 0.6 is 0 Å². The van der Waals surface area contributed by atoms with E-state index in [1.807, 2.05) is 20.8 Å². The Bertz CT molecular complexity index is 495. The van der Waals surface area contributed by atoms with Gasteiger partial charge in [-0.3, -0.25) is 4.79 Å². The number of ether oxygens (including phenoxy) is 1. The molecule has 0 saturated heterocycles. The zero-order chi connectivity index (χ0) is 13.3. The van der Waals surface area contributed by atoms with E-state index in [1.165, 1.54) is 0 Å². The van der Waals surface area contributed by atoms with E-state index in [0.29, 0.717) is 17.5 Å². The number of hydrogen-bond acceptors (Lipinski definition) is 3. The zero-order valence-electron chi connectivity index (χ0n) is 11.1. The zero-order valence-corrected chi connectivity index (χ0v) is 11.1. The van der Waals surface area contributed by atoms with Crippen LogP contribution < -0.4 is 0 Å². The summed E-state index contributed by atoms with van der Waals surface area (Å²) in [6.45, 7) is 5.52. The summed E-state index contributed by atoms with van der Waals surface area (Å²) in [7, 11) is 0. The van der Waals surface area contributed by atoms with E-state index in [-0.39, 0.29) is 11.8 Å². The van der Waals surface area contributed by atoms with Crippen LogP contribution in [0.25, 0.3) is 0 Å². The summed E-state index contributed by atoms with van der Waals surface area (Å²) in [4.78, 5) is 23.9. The molecule has 0 unspecified atom stereocenters. The molecule has 0 heterocycles. The van der Waals surface area contributed by atoms with Crippen molar-refractivity contribution in [3.8, 4) is 0 Å². The molecular formula is C15H18O3. The first-order chi connectivity index (χ1) is 8.38. The van der Waals surface area contributed by atoms with Gasteiger partial charge in [0.2, 0.25) is 0 Å². The Balaban J connectivity index is 2.37. The maximum absolute atomic E-state index is 12.1. The molecule has 3 nitrogen and oxygen atoms in total. The van der Waals surface area contributed by atoms with E-state index >= 15 is 0 Å². The monoisotopic (exact) mass is 246 g/mol. The number of fused-ring (bicyclic) bond motifs is 1. The maximum Gasteiger partial charge on any atom is 0.338 e. The second kappa shape index (κ2) is 4.56. The van der Waals surface area contributed by atoms with Gasteiger partial charge in [0.15, 0.2) is 5.78 Å². The molecule has 0 radical (unpaired) electrons. The van der Waals surface area contributed by atoms with E-state index in [2.05, 4.69) is 0 Å². The highest BCUT2D eigenvalue weighted by Crippen LogP contribution is 2.26. The summed E-state index contributed by atoms with van der Waals surface area (Å²) in [5.41, 5.74) is 1.56. The largest absolute Gasteiger partial charge is 0.456 e. The van der Waals surface area contributed by atoms with Crippen molar-refractivity contribution in [3.63, 3.8) is 0 Å². The highest BCUT2D eigenvalue weighted by atomic mass is 16.6. The summed E-state index contributed by atoms with van der Waals surface area (Å²) in [5, 5.41) is 0. The second-order valence-corrected chi connectivity index (χ2v) is 5.61. The van der Waals surface area contributed by atoms with Crippen molar-refractivity contribution in [2.45, 2.75) is 45.6 Å². The maximum atomic E-state index is 12.1. The fraction of sp³-hybridized carbons (Fsp3) is 0.467. The van der Waals surface area contributed by atoms with Crippen molar-refractivity contribution < 1.29 is 14.3 Å². The third kappa shape index (κ3) is 2.61. The molecule has 2 rings (SSSR count). The van der Waals surface area contributed by atoms with Gasteiger partial charge in [-0.25, -0.2) is 4.79 Å². The summed E-state index contributed by atoms with van der Waals surface area (Å²) in [6.07, 6.45) is 2.16. The van der Waals surface area contributed by atoms with Gasteiger partial charge < -0.3 is 4.74 Å². The number of esters is 1. The van der Waals surface area contributed by atoms with E-state index in [0.717, 1.165) is 18.4 Å². The number of rotatable bonds is 1. The normalized spacial score (nSPS) is 15.2. The van der Waals surface area contributed by atoms with Crippen LogP contribution in [-0.2, 0) is 11.2 Å². The van der Waals surface area contributed by atoms with E-state index in [9.17, 15) is 9.59 Å². The van der Waals surface area contributed by atoms with Crippen molar-refractivity contribution in [3.05, 3.63) is 34.9 Å². The highest BCUT2D eigenvalue weighted by Gasteiger charge is 2.25. The summed E-state index contributed by atoms with van der Waals surface area (Å²) in [5.74, 6) is -0.212. The lowest BCUT2D eigenvalue weighted by Gasteiger charge is -2.22. The average molecular weight is 246 g/mol. The SMILES string of the molecule is CC(C)(C)OC(=O)c1cccc2c1CCCC2=O. The molecule has 0 aromatic heterocycles. The van der Waals surface area contributed by atoms with Crippen molar-refractivity contribution in [1.82, 2.24) is 0 Å². The topological polar surface area (TPSA) is 43.4 Å². The first-order valence-electron chi connectivity index (χ1n) is 6.27. The van der Waals surface area contributed by atoms with Gasteiger partial charge in [-0.05, 0) is 45.2 Å². The van der Waals surface area contributed by atoms with Crippen molar-refractivity contribution in [2.75, 3.05) is 0 Å². The van der Waals surface area contributed by atoms with Crippen LogP contribution in [0.5, 0.6) is 0 Å². The number of benzene rings is 1. The second-order valence-electron chi connectivity index (χ2n) is 5.61. The smallest absolute Gasteiger partial charge is 0.338 e. The van der Waals surface area contributed by atoms with Gasteiger partial charge in [-0.15, -0.1) is 0 Å². The minimum atomic E-state index is -0.515. The Labute approximate surface area is 107 Å². The molecular weight excluding hydrogens is 228 g/mol. The third-order valence-corrected chi connectivity index (χ3v) is 2.93. The molecule has 0 amide bonds. The van der Waals surface area contributed by atoms with Crippen LogP contribution in [0.15, 0.2) is 18.2 Å². The van der Waals surface area contributed by atoms with Gasteiger partial charge in [0.05, 0.1) is 5.56 Å². The predicted octanol–water partition coefficient (Wildman–Crippen LogP) is 3.16. The Morgan fingerprint density at radius 1 is 1.22 bits per heavy atom. The number of carbonyl (C=O) groups excluding carboxylic acids is 2. The molecule has 1 aromatic carbocycles. The molecule has 1 aliphatic carbocycles. The third-order valence-electron chi connectivity index (χ3n) is 2.93. The Hall–Kier alpha value is -1.64. The number of Topliss-reactive ketones (excluding diaryl/α,β-unsaturated/α-hetero) is 1. The standard InChI is InChI=1S/C15H18O3/c1-15(2,3)18-14(17)12-8-4-7-11-10(12)6-5-9-13(11)16/h4,7-8H,5-6,9H2,1-3H3. The summed E-state index contributed by atoms with van der Waals surface area (Å²) >= 11 is 0. The molecule has 0 spiro atoms. The Morgan fingerprint density at radius 3 is 2.61 bits per heavy atom. The fourth-order valence-electron chi connectivity index (χ4n) is 2.20. The van der Waals surface area contributed by atoms with Crippen molar-refractivity contribution >= 4 is 11.8 Å². The van der Waals surface area contributed by atoms with Crippen LogP contribution in [0.3, 0.4) is 0 Å². The van der Waals surface area contributed by atoms with E-state index < -0.39 is 5.60 Å². The molecule has 0 bridgehead atoms. The van der Waals surface area contributed by atoms with Crippen LogP contribution in [0, 0.1) is 0 Å². The van der Waals surface area contributed by atoms with Crippen molar-refractivity contribution in [2.24, 2.45) is 0 Å². The minimum Gasteiger partial charge on any atom is -0.456 e. The lowest BCUT2D eigenvalue weighted by atomic mass is 9.87. The molecule has 1 aromatic rings. The van der Waals surface area contributed by atoms with Gasteiger partial charge in [0.1, 0.15) is 5.60 Å². The van der Waals surface area contributed by atoms with Gasteiger partial charge in [-0.2, -0.15) is 0 Å². The Kier molecular flexibility index (Phi) is 3.24. The van der Waals surface area contributed by atoms with Gasteiger partial charge in [0, 0.05) is 12.0 Å². The fourth-order valence-corrected chi connectivity index (χ4v) is 2.20. The van der Waals surface area contributed by atoms with Gasteiger partial charge >= 0.3 is 5.97 Å². The van der Waals surface area contributed by atoms with E-state index in [1.54, 1.807) is 18.2 Å². The van der Waals surface area contributed by atoms with Crippen LogP contribution in [0.2, 0.25) is 0 Å². The molecule has 18 heavy (non-hydrogen) atoms. The lowest BCUT2D eigenvalue weighted by molar-refractivity contribution is 0.00682. The Morgan fingerprint density at radius 2 is 1.94 bits per heavy atom. The molecule has 0 aliphatic heterocycles. The van der Waals surface area contributed by atoms with Gasteiger partial charge in [0.25, 0.3) is 0 Å². The molecule has 0 atom stereocenters. The molecule has 1 aliphatic rings. The highest BCUT2D eigenvalue weighted by molar-refractivity contribution is 6.02. The lowest BCUT2D eigenvalue weighted by Crippen LogP contribution is -2.25. The van der Waals surface area contributed by atoms with E-state index in [4.69, 9.17) is 4.74 Å². The quantitative estimate of drug-likeness (QED) is 0.715. The molecule has 0 saturated carbocycles. The number of carbonyl (C=O) groups is 2. The molecule has 0 N–H and O–H groups in total. The first-order valence-corrected chi connectivity index (χ1v) is 6.27. The predicted molar refractivity (Wildman–Crippen MR) is 68.9 cm³/mol. The minimum absolute atomic E-state index is 0.127. The van der Waals surface area contributed by atoms with Crippen LogP contribution in [0.1, 0.15) is 59.9 Å². The average Bonchev–Trinajstić information content (AvgIpc) is 2.26. The molecule has 0 fully saturated rings.